The van der Waals surface area contributed by atoms with Gasteiger partial charge in [-0.25, -0.2) is 0 Å². The Balaban J connectivity index is 2.48. The lowest BCUT2D eigenvalue weighted by Gasteiger charge is -2.16. The van der Waals surface area contributed by atoms with Gasteiger partial charge in [-0.05, 0) is 50.5 Å². The molecule has 1 aromatic carbocycles. The zero-order valence-electron chi connectivity index (χ0n) is 10.1. The Bertz CT molecular complexity index is 339. The number of aryl methyl sites for hydroxylation is 1. The predicted octanol–water partition coefficient (Wildman–Crippen LogP) is 2.90. The summed E-state index contributed by atoms with van der Waals surface area (Å²) in [5.74, 6) is 0. The van der Waals surface area contributed by atoms with Gasteiger partial charge in [0.25, 0.3) is 0 Å². The van der Waals surface area contributed by atoms with Crippen LogP contribution >= 0.6 is 11.6 Å². The molecular formula is C13H20ClNO. The Kier molecular flexibility index (Phi) is 5.26. The minimum Gasteiger partial charge on any atom is -0.393 e. The first-order valence-corrected chi connectivity index (χ1v) is 6.03. The van der Waals surface area contributed by atoms with E-state index in [1.165, 1.54) is 11.1 Å². The maximum atomic E-state index is 9.25. The van der Waals surface area contributed by atoms with Gasteiger partial charge in [0.05, 0.1) is 6.10 Å². The van der Waals surface area contributed by atoms with Crippen LogP contribution in [0.3, 0.4) is 0 Å². The first kappa shape index (κ1) is 13.5. The summed E-state index contributed by atoms with van der Waals surface area (Å²) in [6.07, 6.45) is 0.515. The summed E-state index contributed by atoms with van der Waals surface area (Å²) < 4.78 is 0. The zero-order chi connectivity index (χ0) is 12.1. The summed E-state index contributed by atoms with van der Waals surface area (Å²) in [4.78, 5) is 0. The Morgan fingerprint density at radius 2 is 2.06 bits per heavy atom. The number of nitrogens with one attached hydrogen (secondary N) is 1. The van der Waals surface area contributed by atoms with Gasteiger partial charge in [0, 0.05) is 17.6 Å². The molecule has 0 aliphatic carbocycles. The molecule has 0 spiro atoms. The number of aliphatic hydroxyl groups is 1. The van der Waals surface area contributed by atoms with E-state index in [-0.39, 0.29) is 6.10 Å². The molecule has 0 fully saturated rings. The van der Waals surface area contributed by atoms with Crippen molar-refractivity contribution in [2.75, 3.05) is 0 Å². The van der Waals surface area contributed by atoms with E-state index < -0.39 is 0 Å². The number of rotatable bonds is 5. The van der Waals surface area contributed by atoms with E-state index in [4.69, 9.17) is 11.6 Å². The molecule has 0 heterocycles. The van der Waals surface area contributed by atoms with Gasteiger partial charge in [0.2, 0.25) is 0 Å². The molecule has 0 aliphatic heterocycles. The van der Waals surface area contributed by atoms with Crippen LogP contribution in [0.25, 0.3) is 0 Å². The summed E-state index contributed by atoms with van der Waals surface area (Å²) in [5.41, 5.74) is 2.45. The van der Waals surface area contributed by atoms with Gasteiger partial charge < -0.3 is 10.4 Å². The number of hydrogen-bond acceptors (Lipinski definition) is 2. The monoisotopic (exact) mass is 241 g/mol. The molecule has 1 rings (SSSR count). The highest BCUT2D eigenvalue weighted by molar-refractivity contribution is 6.30. The fourth-order valence-corrected chi connectivity index (χ4v) is 1.96. The molecule has 0 aliphatic rings. The lowest BCUT2D eigenvalue weighted by atomic mass is 10.1. The zero-order valence-corrected chi connectivity index (χ0v) is 10.9. The molecule has 0 radical (unpaired) electrons. The van der Waals surface area contributed by atoms with E-state index >= 15 is 0 Å². The Morgan fingerprint density at radius 1 is 1.38 bits per heavy atom. The maximum absolute atomic E-state index is 9.25. The molecule has 0 saturated carbocycles. The Hall–Kier alpha value is -0.570. The summed E-state index contributed by atoms with van der Waals surface area (Å²) in [6, 6.07) is 6.23. The van der Waals surface area contributed by atoms with Crippen molar-refractivity contribution in [3.05, 3.63) is 34.3 Å². The average Bonchev–Trinajstić information content (AvgIpc) is 2.15. The number of hydrogen-bond donors (Lipinski definition) is 2. The lowest BCUT2D eigenvalue weighted by molar-refractivity contribution is 0.170. The second-order valence-corrected chi connectivity index (χ2v) is 4.87. The third-order valence-electron chi connectivity index (χ3n) is 2.64. The van der Waals surface area contributed by atoms with Gasteiger partial charge in [-0.3, -0.25) is 0 Å². The van der Waals surface area contributed by atoms with Gasteiger partial charge in [0.1, 0.15) is 0 Å². The molecule has 2 N–H and O–H groups in total. The molecular weight excluding hydrogens is 222 g/mol. The smallest absolute Gasteiger partial charge is 0.0526 e. The second kappa shape index (κ2) is 6.24. The SMILES string of the molecule is Cc1cc(Cl)ccc1CNC(C)CC(C)O. The second-order valence-electron chi connectivity index (χ2n) is 4.44. The fourth-order valence-electron chi connectivity index (χ4n) is 1.74. The van der Waals surface area contributed by atoms with Crippen LogP contribution < -0.4 is 5.32 Å². The molecule has 0 aromatic heterocycles. The lowest BCUT2D eigenvalue weighted by Crippen LogP contribution is -2.28. The first-order chi connectivity index (χ1) is 7.49. The maximum Gasteiger partial charge on any atom is 0.0526 e. The van der Waals surface area contributed by atoms with Crippen molar-refractivity contribution in [2.24, 2.45) is 0 Å². The van der Waals surface area contributed by atoms with Crippen LogP contribution in [-0.4, -0.2) is 17.3 Å². The van der Waals surface area contributed by atoms with E-state index in [2.05, 4.69) is 19.2 Å². The van der Waals surface area contributed by atoms with Crippen LogP contribution in [0.4, 0.5) is 0 Å². The van der Waals surface area contributed by atoms with Crippen molar-refractivity contribution < 1.29 is 5.11 Å². The van der Waals surface area contributed by atoms with Crippen LogP contribution in [-0.2, 0) is 6.54 Å². The number of aliphatic hydroxyl groups excluding tert-OH is 1. The average molecular weight is 242 g/mol. The van der Waals surface area contributed by atoms with Gasteiger partial charge in [-0.1, -0.05) is 17.7 Å². The highest BCUT2D eigenvalue weighted by Crippen LogP contribution is 2.15. The van der Waals surface area contributed by atoms with Crippen molar-refractivity contribution in [1.29, 1.82) is 0 Å². The van der Waals surface area contributed by atoms with Crippen LogP contribution in [0.5, 0.6) is 0 Å². The van der Waals surface area contributed by atoms with E-state index in [0.29, 0.717) is 6.04 Å². The molecule has 0 amide bonds. The third kappa shape index (κ3) is 4.52. The standard InChI is InChI=1S/C13H20ClNO/c1-9-6-13(14)5-4-12(9)8-15-10(2)7-11(3)16/h4-6,10-11,15-16H,7-8H2,1-3H3. The quantitative estimate of drug-likeness (QED) is 0.831. The van der Waals surface area contributed by atoms with E-state index in [9.17, 15) is 5.11 Å². The van der Waals surface area contributed by atoms with Gasteiger partial charge >= 0.3 is 0 Å². The van der Waals surface area contributed by atoms with Crippen molar-refractivity contribution in [3.8, 4) is 0 Å². The van der Waals surface area contributed by atoms with E-state index in [1.54, 1.807) is 0 Å². The van der Waals surface area contributed by atoms with E-state index in [1.807, 2.05) is 25.1 Å². The van der Waals surface area contributed by atoms with Gasteiger partial charge in [-0.15, -0.1) is 0 Å². The van der Waals surface area contributed by atoms with Crippen molar-refractivity contribution >= 4 is 11.6 Å². The van der Waals surface area contributed by atoms with Gasteiger partial charge in [-0.2, -0.15) is 0 Å². The minimum atomic E-state index is -0.256. The molecule has 1 aromatic rings. The van der Waals surface area contributed by atoms with E-state index in [0.717, 1.165) is 18.0 Å². The largest absolute Gasteiger partial charge is 0.393 e. The predicted molar refractivity (Wildman–Crippen MR) is 68.8 cm³/mol. The third-order valence-corrected chi connectivity index (χ3v) is 2.88. The molecule has 0 bridgehead atoms. The van der Waals surface area contributed by atoms with Crippen LogP contribution in [0.2, 0.25) is 5.02 Å². The van der Waals surface area contributed by atoms with Crippen molar-refractivity contribution in [2.45, 2.75) is 45.9 Å². The van der Waals surface area contributed by atoms with Crippen LogP contribution in [0, 0.1) is 6.92 Å². The Morgan fingerprint density at radius 3 is 2.62 bits per heavy atom. The molecule has 2 atom stereocenters. The molecule has 3 heteroatoms. The summed E-state index contributed by atoms with van der Waals surface area (Å²) >= 11 is 5.90. The molecule has 0 saturated heterocycles. The molecule has 90 valence electrons. The number of benzene rings is 1. The fraction of sp³-hybridized carbons (Fsp3) is 0.538. The number of halogens is 1. The Labute approximate surface area is 103 Å². The van der Waals surface area contributed by atoms with Crippen LogP contribution in [0.15, 0.2) is 18.2 Å². The van der Waals surface area contributed by atoms with Gasteiger partial charge in [0.15, 0.2) is 0 Å². The topological polar surface area (TPSA) is 32.3 Å². The van der Waals surface area contributed by atoms with Crippen LogP contribution in [0.1, 0.15) is 31.4 Å². The molecule has 2 nitrogen and oxygen atoms in total. The molecule has 16 heavy (non-hydrogen) atoms. The normalized spacial score (nSPS) is 14.8. The van der Waals surface area contributed by atoms with Crippen molar-refractivity contribution in [3.63, 3.8) is 0 Å². The van der Waals surface area contributed by atoms with Crippen molar-refractivity contribution in [1.82, 2.24) is 5.32 Å². The summed E-state index contributed by atoms with van der Waals surface area (Å²) in [7, 11) is 0. The highest BCUT2D eigenvalue weighted by atomic mass is 35.5. The summed E-state index contributed by atoms with van der Waals surface area (Å²) in [6.45, 7) is 6.77. The minimum absolute atomic E-state index is 0.256. The summed E-state index contributed by atoms with van der Waals surface area (Å²) in [5, 5.41) is 13.4. The highest BCUT2D eigenvalue weighted by Gasteiger charge is 2.06. The first-order valence-electron chi connectivity index (χ1n) is 5.65. The molecule has 2 unspecified atom stereocenters.